The van der Waals surface area contributed by atoms with Crippen molar-refractivity contribution in [3.8, 4) is 0 Å². The van der Waals surface area contributed by atoms with Gasteiger partial charge in [-0.2, -0.15) is 0 Å². The molecule has 21 heavy (non-hydrogen) atoms. The van der Waals surface area contributed by atoms with E-state index in [2.05, 4.69) is 55.4 Å². The fraction of sp³-hybridized carbons (Fsp3) is 1.00. The maximum atomic E-state index is 2.65. The summed E-state index contributed by atoms with van der Waals surface area (Å²) in [5, 5.41) is 0. The lowest BCUT2D eigenvalue weighted by Crippen LogP contribution is -2.66. The van der Waals surface area contributed by atoms with Crippen molar-refractivity contribution in [2.45, 2.75) is 68.2 Å². The first-order valence-corrected chi connectivity index (χ1v) is 9.58. The monoisotopic (exact) mass is 288 g/mol. The molecular weight excluding hydrogens is 252 g/mol. The summed E-state index contributed by atoms with van der Waals surface area (Å²) < 4.78 is 0. The molecule has 4 fully saturated rings. The van der Waals surface area contributed by atoms with Gasteiger partial charge < -0.3 is 0 Å². The van der Waals surface area contributed by atoms with Crippen molar-refractivity contribution in [1.82, 2.24) is 0 Å². The average molecular weight is 289 g/mol. The number of rotatable bonds is 0. The highest BCUT2D eigenvalue weighted by molar-refractivity contribution is 5.27. The van der Waals surface area contributed by atoms with Crippen LogP contribution in [-0.4, -0.2) is 0 Å². The van der Waals surface area contributed by atoms with E-state index in [-0.39, 0.29) is 0 Å². The Hall–Kier alpha value is 0. The topological polar surface area (TPSA) is 0 Å². The standard InChI is InChI=1S/C21H36/c1-11-12(2)21-13(3)17-15(10-19(11,5)6)9-16(17)18(21)14(4)20(21,7)8/h11-18H,9-10H2,1-8H3. The van der Waals surface area contributed by atoms with Gasteiger partial charge in [0.25, 0.3) is 0 Å². The van der Waals surface area contributed by atoms with Crippen LogP contribution in [0.25, 0.3) is 0 Å². The molecule has 0 aromatic carbocycles. The lowest BCUT2D eigenvalue weighted by Gasteiger charge is -2.71. The summed E-state index contributed by atoms with van der Waals surface area (Å²) in [7, 11) is 0. The van der Waals surface area contributed by atoms with E-state index in [1.54, 1.807) is 6.42 Å². The zero-order valence-electron chi connectivity index (χ0n) is 15.5. The highest BCUT2D eigenvalue weighted by Crippen LogP contribution is 2.84. The predicted octanol–water partition coefficient (Wildman–Crippen LogP) is 5.87. The average Bonchev–Trinajstić information content (AvgIpc) is 2.58. The third kappa shape index (κ3) is 1.25. The lowest BCUT2D eigenvalue weighted by atomic mass is 9.33. The Labute approximate surface area is 132 Å². The van der Waals surface area contributed by atoms with Crippen molar-refractivity contribution in [3.05, 3.63) is 0 Å². The first-order valence-electron chi connectivity index (χ1n) is 9.58. The lowest BCUT2D eigenvalue weighted by molar-refractivity contribution is -0.238. The van der Waals surface area contributed by atoms with Gasteiger partial charge in [0.15, 0.2) is 0 Å². The van der Waals surface area contributed by atoms with Crippen molar-refractivity contribution >= 4 is 0 Å². The first kappa shape index (κ1) is 14.6. The predicted molar refractivity (Wildman–Crippen MR) is 89.8 cm³/mol. The molecule has 0 amide bonds. The maximum absolute atomic E-state index is 2.65. The number of hydrogen-bond donors (Lipinski definition) is 0. The van der Waals surface area contributed by atoms with Crippen LogP contribution in [0.15, 0.2) is 0 Å². The van der Waals surface area contributed by atoms with Gasteiger partial charge in [-0.3, -0.25) is 0 Å². The van der Waals surface area contributed by atoms with Crippen molar-refractivity contribution < 1.29 is 0 Å². The van der Waals surface area contributed by atoms with Crippen LogP contribution in [0, 0.1) is 63.6 Å². The van der Waals surface area contributed by atoms with Gasteiger partial charge in [-0.25, -0.2) is 0 Å². The Kier molecular flexibility index (Phi) is 2.59. The Morgan fingerprint density at radius 3 is 2.00 bits per heavy atom. The maximum Gasteiger partial charge on any atom is -0.0153 e. The molecule has 9 unspecified atom stereocenters. The van der Waals surface area contributed by atoms with Crippen LogP contribution in [0.4, 0.5) is 0 Å². The van der Waals surface area contributed by atoms with Crippen LogP contribution < -0.4 is 0 Å². The molecule has 0 heterocycles. The molecule has 1 spiro atoms. The SMILES string of the molecule is CC1C(C)C23C(C)C4C(CC4C2C(C)C3(C)C)CC1(C)C. The molecular formula is C21H36. The molecule has 120 valence electrons. The molecule has 9 atom stereocenters. The van der Waals surface area contributed by atoms with Gasteiger partial charge >= 0.3 is 0 Å². The van der Waals surface area contributed by atoms with Crippen molar-refractivity contribution in [2.24, 2.45) is 63.6 Å². The molecule has 0 aromatic rings. The van der Waals surface area contributed by atoms with Gasteiger partial charge in [0.05, 0.1) is 0 Å². The third-order valence-electron chi connectivity index (χ3n) is 10.3. The number of hydrogen-bond acceptors (Lipinski definition) is 0. The third-order valence-corrected chi connectivity index (χ3v) is 10.3. The summed E-state index contributed by atoms with van der Waals surface area (Å²) in [5.74, 6) is 7.86. The van der Waals surface area contributed by atoms with E-state index in [1.807, 2.05) is 0 Å². The van der Waals surface area contributed by atoms with Crippen LogP contribution in [0.2, 0.25) is 0 Å². The molecule has 0 heteroatoms. The Balaban J connectivity index is 1.89. The Morgan fingerprint density at radius 1 is 0.762 bits per heavy atom. The van der Waals surface area contributed by atoms with Crippen LogP contribution in [0.3, 0.4) is 0 Å². The molecule has 2 bridgehead atoms. The minimum absolute atomic E-state index is 0.532. The van der Waals surface area contributed by atoms with E-state index in [9.17, 15) is 0 Å². The van der Waals surface area contributed by atoms with Gasteiger partial charge in [0, 0.05) is 0 Å². The minimum Gasteiger partial charge on any atom is -0.0617 e. The molecule has 0 saturated heterocycles. The van der Waals surface area contributed by atoms with Crippen LogP contribution in [-0.2, 0) is 0 Å². The van der Waals surface area contributed by atoms with E-state index in [0.29, 0.717) is 16.2 Å². The van der Waals surface area contributed by atoms with Crippen molar-refractivity contribution in [2.75, 3.05) is 0 Å². The van der Waals surface area contributed by atoms with E-state index in [1.165, 1.54) is 6.42 Å². The fourth-order valence-corrected chi connectivity index (χ4v) is 8.98. The second-order valence-corrected chi connectivity index (χ2v) is 10.8. The summed E-state index contributed by atoms with van der Waals surface area (Å²) in [6.07, 6.45) is 3.05. The molecule has 4 saturated carbocycles. The van der Waals surface area contributed by atoms with E-state index < -0.39 is 0 Å². The summed E-state index contributed by atoms with van der Waals surface area (Å²) in [6, 6.07) is 0. The Bertz CT molecular complexity index is 472. The van der Waals surface area contributed by atoms with Gasteiger partial charge in [-0.05, 0) is 76.4 Å². The van der Waals surface area contributed by atoms with E-state index in [0.717, 1.165) is 47.3 Å². The zero-order chi connectivity index (χ0) is 15.5. The van der Waals surface area contributed by atoms with Crippen LogP contribution in [0.1, 0.15) is 68.2 Å². The molecule has 0 nitrogen and oxygen atoms in total. The second kappa shape index (κ2) is 3.73. The van der Waals surface area contributed by atoms with Gasteiger partial charge in [-0.15, -0.1) is 0 Å². The quantitative estimate of drug-likeness (QED) is 0.523. The molecule has 0 radical (unpaired) electrons. The van der Waals surface area contributed by atoms with E-state index >= 15 is 0 Å². The first-order chi connectivity index (χ1) is 9.58. The van der Waals surface area contributed by atoms with Gasteiger partial charge in [0.2, 0.25) is 0 Å². The van der Waals surface area contributed by atoms with Crippen LogP contribution >= 0.6 is 0 Å². The number of fused-ring (bicyclic) bond motifs is 1. The van der Waals surface area contributed by atoms with E-state index in [4.69, 9.17) is 0 Å². The van der Waals surface area contributed by atoms with Crippen molar-refractivity contribution in [1.29, 1.82) is 0 Å². The molecule has 4 rings (SSSR count). The second-order valence-electron chi connectivity index (χ2n) is 10.8. The fourth-order valence-electron chi connectivity index (χ4n) is 8.98. The largest absolute Gasteiger partial charge is 0.0617 e. The normalized spacial score (nSPS) is 62.9. The van der Waals surface area contributed by atoms with Gasteiger partial charge in [0.1, 0.15) is 0 Å². The summed E-state index contributed by atoms with van der Waals surface area (Å²) in [4.78, 5) is 0. The van der Waals surface area contributed by atoms with Crippen molar-refractivity contribution in [3.63, 3.8) is 0 Å². The zero-order valence-corrected chi connectivity index (χ0v) is 15.5. The molecule has 4 aliphatic rings. The smallest absolute Gasteiger partial charge is 0.0153 e. The van der Waals surface area contributed by atoms with Gasteiger partial charge in [-0.1, -0.05) is 55.4 Å². The highest BCUT2D eigenvalue weighted by Gasteiger charge is 2.80. The molecule has 0 aromatic heterocycles. The summed E-state index contributed by atoms with van der Waals surface area (Å²) in [5.41, 5.74) is 1.71. The highest BCUT2D eigenvalue weighted by atomic mass is 14.8. The molecule has 0 N–H and O–H groups in total. The minimum atomic E-state index is 0.532. The molecule has 0 aliphatic heterocycles. The molecule has 4 aliphatic carbocycles. The Morgan fingerprint density at radius 2 is 1.38 bits per heavy atom. The van der Waals surface area contributed by atoms with Crippen LogP contribution in [0.5, 0.6) is 0 Å². The summed E-state index contributed by atoms with van der Waals surface area (Å²) in [6.45, 7) is 20.8. The summed E-state index contributed by atoms with van der Waals surface area (Å²) >= 11 is 0.